The molecule has 0 spiro atoms. The molecule has 0 saturated carbocycles. The van der Waals surface area contributed by atoms with Crippen molar-refractivity contribution in [3.63, 3.8) is 0 Å². The molecule has 4 saturated heterocycles. The van der Waals surface area contributed by atoms with E-state index >= 15 is 0 Å². The van der Waals surface area contributed by atoms with Crippen LogP contribution in [0.25, 0.3) is 44.7 Å². The van der Waals surface area contributed by atoms with Crippen LogP contribution in [0.5, 0.6) is 0 Å². The lowest BCUT2D eigenvalue weighted by atomic mass is 9.90. The summed E-state index contributed by atoms with van der Waals surface area (Å²) in [6.07, 6.45) is 6.58. The minimum atomic E-state index is -0.711. The van der Waals surface area contributed by atoms with Gasteiger partial charge in [0.25, 0.3) is 0 Å². The number of hydrogen-bond acceptors (Lipinski definition) is 11. The van der Waals surface area contributed by atoms with E-state index in [1.165, 1.54) is 14.2 Å². The molecule has 3 aromatic heterocycles. The quantitative estimate of drug-likeness (QED) is 0.108. The standard InChI is InChI=1S/C49H59N9O8/c1-28-21-40(57(26-28)46(59)42(55-48(61)63-3)32-13-17-65-18-14-32)44-50-24-38(53-44)31-7-5-30(6-8-31)34-9-11-36-35(23-34)10-12-37(52-36)39-25-51-45(54-39)41-22-29(2)27-58(41)47(60)43(56-49(62)64-4)33-15-19-66-20-16-33/h5-12,23-25,28-29,32-33,40-43H,13-22,26-27H2,1-4H3,(H,50,53)(H,51,54)(H,55,61)(H,56,62)/t28-,29-,40-,41-,42?,43-/m0/s1. The predicted molar refractivity (Wildman–Crippen MR) is 245 cm³/mol. The molecule has 2 aromatic carbocycles. The highest BCUT2D eigenvalue weighted by Crippen LogP contribution is 2.39. The number of benzene rings is 2. The number of H-pyrrole nitrogens is 2. The fourth-order valence-electron chi connectivity index (χ4n) is 10.3. The Kier molecular flexibility index (Phi) is 13.3. The number of amides is 4. The first-order valence-corrected chi connectivity index (χ1v) is 23.1. The summed E-state index contributed by atoms with van der Waals surface area (Å²) in [5.41, 5.74) is 6.25. The van der Waals surface area contributed by atoms with Gasteiger partial charge in [0.1, 0.15) is 23.7 Å². The third-order valence-corrected chi connectivity index (χ3v) is 13.8. The molecular formula is C49H59N9O8. The number of rotatable bonds is 11. The Balaban J connectivity index is 0.875. The van der Waals surface area contributed by atoms with Crippen molar-refractivity contribution in [2.75, 3.05) is 53.7 Å². The number of likely N-dealkylation sites (tertiary alicyclic amines) is 2. The molecule has 4 aliphatic rings. The van der Waals surface area contributed by atoms with Crippen LogP contribution in [0.2, 0.25) is 0 Å². The van der Waals surface area contributed by atoms with E-state index in [-0.39, 0.29) is 47.6 Å². The van der Waals surface area contributed by atoms with Gasteiger partial charge in [-0.1, -0.05) is 50.2 Å². The molecule has 4 N–H and O–H groups in total. The van der Waals surface area contributed by atoms with Crippen molar-refractivity contribution in [3.05, 3.63) is 78.6 Å². The molecule has 7 heterocycles. The molecular weight excluding hydrogens is 843 g/mol. The smallest absolute Gasteiger partial charge is 0.407 e. The van der Waals surface area contributed by atoms with Crippen LogP contribution in [0.1, 0.15) is 76.1 Å². The van der Waals surface area contributed by atoms with Crippen molar-refractivity contribution in [1.29, 1.82) is 0 Å². The highest BCUT2D eigenvalue weighted by atomic mass is 16.5. The Morgan fingerprint density at radius 3 is 1.67 bits per heavy atom. The van der Waals surface area contributed by atoms with Crippen LogP contribution in [0.4, 0.5) is 9.59 Å². The molecule has 17 nitrogen and oxygen atoms in total. The molecule has 1 unspecified atom stereocenters. The minimum Gasteiger partial charge on any atom is -0.453 e. The molecule has 348 valence electrons. The number of pyridine rings is 1. The van der Waals surface area contributed by atoms with Crippen LogP contribution < -0.4 is 10.6 Å². The summed E-state index contributed by atoms with van der Waals surface area (Å²) in [7, 11) is 2.62. The molecule has 0 radical (unpaired) electrons. The number of alkyl carbamates (subject to hydrolysis) is 2. The van der Waals surface area contributed by atoms with E-state index in [2.05, 4.69) is 76.9 Å². The second-order valence-corrected chi connectivity index (χ2v) is 18.4. The van der Waals surface area contributed by atoms with Crippen LogP contribution in [-0.4, -0.2) is 125 Å². The molecule has 17 heteroatoms. The third-order valence-electron chi connectivity index (χ3n) is 13.8. The maximum Gasteiger partial charge on any atom is 0.407 e. The Morgan fingerprint density at radius 1 is 0.652 bits per heavy atom. The number of methoxy groups -OCH3 is 2. The number of aromatic amines is 2. The van der Waals surface area contributed by atoms with Gasteiger partial charge in [-0.15, -0.1) is 0 Å². The monoisotopic (exact) mass is 901 g/mol. The molecule has 0 aliphatic carbocycles. The summed E-state index contributed by atoms with van der Waals surface area (Å²) in [4.78, 5) is 78.2. The first-order valence-electron chi connectivity index (χ1n) is 23.1. The summed E-state index contributed by atoms with van der Waals surface area (Å²) in [6.45, 7) is 7.59. The average molecular weight is 902 g/mol. The molecule has 5 aromatic rings. The largest absolute Gasteiger partial charge is 0.453 e. The first-order chi connectivity index (χ1) is 32.1. The first kappa shape index (κ1) is 44.9. The fraction of sp³-hybridized carbons (Fsp3) is 0.490. The van der Waals surface area contributed by atoms with Gasteiger partial charge in [0.15, 0.2) is 0 Å². The van der Waals surface area contributed by atoms with E-state index in [0.29, 0.717) is 71.0 Å². The number of nitrogens with zero attached hydrogens (tertiary/aromatic N) is 5. The summed E-state index contributed by atoms with van der Waals surface area (Å²) < 4.78 is 20.9. The van der Waals surface area contributed by atoms with Gasteiger partial charge in [-0.25, -0.2) is 24.5 Å². The van der Waals surface area contributed by atoms with Gasteiger partial charge in [-0.05, 0) is 97.1 Å². The number of ether oxygens (including phenoxy) is 4. The molecule has 9 rings (SSSR count). The van der Waals surface area contributed by atoms with E-state index in [4.69, 9.17) is 33.9 Å². The molecule has 6 atom stereocenters. The van der Waals surface area contributed by atoms with Gasteiger partial charge >= 0.3 is 12.2 Å². The number of imidazole rings is 2. The summed E-state index contributed by atoms with van der Waals surface area (Å²) in [5.74, 6) is 1.58. The van der Waals surface area contributed by atoms with Crippen molar-refractivity contribution in [1.82, 2.24) is 45.4 Å². The zero-order valence-corrected chi connectivity index (χ0v) is 38.0. The summed E-state index contributed by atoms with van der Waals surface area (Å²) in [6, 6.07) is 16.6. The highest BCUT2D eigenvalue weighted by molar-refractivity contribution is 5.88. The van der Waals surface area contributed by atoms with Crippen molar-refractivity contribution >= 4 is 34.9 Å². The van der Waals surface area contributed by atoms with Crippen molar-refractivity contribution in [2.24, 2.45) is 23.7 Å². The van der Waals surface area contributed by atoms with E-state index in [0.717, 1.165) is 63.3 Å². The van der Waals surface area contributed by atoms with E-state index in [1.54, 1.807) is 6.20 Å². The Morgan fingerprint density at radius 2 is 1.14 bits per heavy atom. The lowest BCUT2D eigenvalue weighted by Gasteiger charge is -2.34. The Hall–Kier alpha value is -6.33. The van der Waals surface area contributed by atoms with Gasteiger partial charge in [0, 0.05) is 44.9 Å². The van der Waals surface area contributed by atoms with E-state index in [1.807, 2.05) is 28.1 Å². The van der Waals surface area contributed by atoms with Gasteiger partial charge in [-0.3, -0.25) is 9.59 Å². The zero-order valence-electron chi connectivity index (χ0n) is 38.0. The Bertz CT molecular complexity index is 2530. The van der Waals surface area contributed by atoms with Crippen molar-refractivity contribution in [2.45, 2.75) is 76.5 Å². The lowest BCUT2D eigenvalue weighted by molar-refractivity contribution is -0.137. The van der Waals surface area contributed by atoms with Gasteiger partial charge in [0.2, 0.25) is 11.8 Å². The van der Waals surface area contributed by atoms with E-state index in [9.17, 15) is 19.2 Å². The zero-order chi connectivity index (χ0) is 45.9. The minimum absolute atomic E-state index is 0.0413. The number of aromatic nitrogens is 5. The average Bonchev–Trinajstić information content (AvgIpc) is 4.19. The molecule has 4 aliphatic heterocycles. The van der Waals surface area contributed by atoms with Gasteiger partial charge < -0.3 is 49.3 Å². The normalized spacial score (nSPS) is 22.5. The number of carbonyl (C=O) groups is 4. The van der Waals surface area contributed by atoms with Crippen molar-refractivity contribution < 1.29 is 38.1 Å². The lowest BCUT2D eigenvalue weighted by Crippen LogP contribution is -2.53. The Labute approximate surface area is 383 Å². The number of fused-ring (bicyclic) bond motifs is 1. The van der Waals surface area contributed by atoms with E-state index < -0.39 is 24.3 Å². The van der Waals surface area contributed by atoms with Gasteiger partial charge in [0.05, 0.1) is 61.3 Å². The van der Waals surface area contributed by atoms with Crippen LogP contribution in [0.15, 0.2) is 67.0 Å². The number of carbonyl (C=O) groups excluding carboxylic acids is 4. The van der Waals surface area contributed by atoms with Crippen molar-refractivity contribution in [3.8, 4) is 33.8 Å². The number of hydrogen-bond donors (Lipinski definition) is 4. The maximum atomic E-state index is 14.2. The predicted octanol–water partition coefficient (Wildman–Crippen LogP) is 6.80. The topological polar surface area (TPSA) is 206 Å². The SMILES string of the molecule is COC(=O)NC(C(=O)N1C[C@@H](C)C[C@H]1c1ncc(-c2ccc(-c3ccc4nc(-c5cnc([C@@H]6C[C@H](C)CN6C(=O)[C@@H](NC(=O)OC)C6CCOCC6)[nH]5)ccc4c3)cc2)[nH]1)C1CCOCC1. The second-order valence-electron chi connectivity index (χ2n) is 18.4. The fourth-order valence-corrected chi connectivity index (χ4v) is 10.3. The van der Waals surface area contributed by atoms with Crippen LogP contribution in [0, 0.1) is 23.7 Å². The van der Waals surface area contributed by atoms with Crippen LogP contribution in [-0.2, 0) is 28.5 Å². The van der Waals surface area contributed by atoms with Crippen LogP contribution >= 0.6 is 0 Å². The van der Waals surface area contributed by atoms with Gasteiger partial charge in [-0.2, -0.15) is 0 Å². The highest BCUT2D eigenvalue weighted by Gasteiger charge is 2.44. The molecule has 4 amide bonds. The maximum absolute atomic E-state index is 14.2. The molecule has 0 bridgehead atoms. The third kappa shape index (κ3) is 9.49. The molecule has 4 fully saturated rings. The second kappa shape index (κ2) is 19.6. The molecule has 66 heavy (non-hydrogen) atoms. The van der Waals surface area contributed by atoms with Crippen LogP contribution in [0.3, 0.4) is 0 Å². The summed E-state index contributed by atoms with van der Waals surface area (Å²) >= 11 is 0. The number of nitrogens with one attached hydrogen (secondary N) is 4. The summed E-state index contributed by atoms with van der Waals surface area (Å²) in [5, 5.41) is 6.64.